The number of rotatable bonds is 56. The van der Waals surface area contributed by atoms with Gasteiger partial charge in [-0.3, -0.25) is 9.59 Å². The Balaban J connectivity index is 4.13. The fourth-order valence-corrected chi connectivity index (χ4v) is 8.76. The number of aliphatic carboxylic acids is 1. The van der Waals surface area contributed by atoms with Gasteiger partial charge in [-0.1, -0.05) is 237 Å². The maximum atomic E-state index is 12.9. The van der Waals surface area contributed by atoms with Gasteiger partial charge in [0.2, 0.25) is 0 Å². The van der Waals surface area contributed by atoms with Crippen LogP contribution in [0, 0.1) is 0 Å². The minimum Gasteiger partial charge on any atom is -0.545 e. The number of carboxylic acids is 1. The zero-order chi connectivity index (χ0) is 51.3. The first-order chi connectivity index (χ1) is 34.1. The number of nitrogens with zero attached hydrogens (tertiary/aromatic N) is 1. The van der Waals surface area contributed by atoms with Gasteiger partial charge < -0.3 is 33.3 Å². The van der Waals surface area contributed by atoms with E-state index in [1.165, 1.54) is 205 Å². The van der Waals surface area contributed by atoms with Gasteiger partial charge >= 0.3 is 11.9 Å². The van der Waals surface area contributed by atoms with E-state index in [2.05, 4.69) is 38.2 Å². The molecule has 0 aromatic rings. The Hall–Kier alpha value is -2.23. The molecule has 0 rings (SSSR count). The summed E-state index contributed by atoms with van der Waals surface area (Å²) in [7, 11) is 5.93. The molecule has 0 aliphatic carbocycles. The number of ether oxygens (including phenoxy) is 4. The maximum absolute atomic E-state index is 12.9. The monoisotopic (exact) mass is 990 g/mol. The van der Waals surface area contributed by atoms with Crippen molar-refractivity contribution in [1.29, 1.82) is 0 Å². The summed E-state index contributed by atoms with van der Waals surface area (Å²) in [6.45, 7) is 4.78. The van der Waals surface area contributed by atoms with Crippen LogP contribution < -0.4 is 5.11 Å². The molecule has 0 amide bonds. The maximum Gasteiger partial charge on any atom is 0.306 e. The second-order valence-corrected chi connectivity index (χ2v) is 21.6. The molecule has 0 spiro atoms. The van der Waals surface area contributed by atoms with Crippen molar-refractivity contribution in [3.63, 3.8) is 0 Å². The van der Waals surface area contributed by atoms with Crippen molar-refractivity contribution in [2.45, 2.75) is 302 Å². The van der Waals surface area contributed by atoms with E-state index in [1.54, 1.807) is 0 Å². The summed E-state index contributed by atoms with van der Waals surface area (Å²) >= 11 is 0. The van der Waals surface area contributed by atoms with Gasteiger partial charge in [0, 0.05) is 12.8 Å². The van der Waals surface area contributed by atoms with Crippen LogP contribution in [0.15, 0.2) is 24.3 Å². The molecule has 9 nitrogen and oxygen atoms in total. The number of unbranched alkanes of at least 4 members (excludes halogenated alkanes) is 37. The molecule has 412 valence electrons. The highest BCUT2D eigenvalue weighted by molar-refractivity contribution is 5.70. The quantitative estimate of drug-likeness (QED) is 0.0195. The smallest absolute Gasteiger partial charge is 0.306 e. The molecule has 0 N–H and O–H groups in total. The topological polar surface area (TPSA) is 111 Å². The highest BCUT2D eigenvalue weighted by atomic mass is 16.7. The molecule has 0 aromatic carbocycles. The summed E-state index contributed by atoms with van der Waals surface area (Å²) in [6.07, 6.45) is 59.5. The summed E-state index contributed by atoms with van der Waals surface area (Å²) in [5.41, 5.74) is 0. The highest BCUT2D eigenvalue weighted by Crippen LogP contribution is 2.17. The van der Waals surface area contributed by atoms with E-state index in [4.69, 9.17) is 18.9 Å². The molecule has 0 aliphatic heterocycles. The molecular weight excluding hydrogens is 875 g/mol. The van der Waals surface area contributed by atoms with Crippen LogP contribution in [0.5, 0.6) is 0 Å². The molecule has 2 unspecified atom stereocenters. The Morgan fingerprint density at radius 1 is 0.414 bits per heavy atom. The van der Waals surface area contributed by atoms with Gasteiger partial charge in [0.15, 0.2) is 12.4 Å². The number of allylic oxidation sites excluding steroid dienone is 4. The second-order valence-electron chi connectivity index (χ2n) is 21.6. The summed E-state index contributed by atoms with van der Waals surface area (Å²) in [6, 6.07) is 0. The van der Waals surface area contributed by atoms with E-state index >= 15 is 0 Å². The van der Waals surface area contributed by atoms with E-state index in [1.807, 2.05) is 21.1 Å². The van der Waals surface area contributed by atoms with Crippen molar-refractivity contribution in [2.75, 3.05) is 47.5 Å². The van der Waals surface area contributed by atoms with Crippen molar-refractivity contribution >= 4 is 17.9 Å². The zero-order valence-corrected chi connectivity index (χ0v) is 46.9. The molecule has 0 bridgehead atoms. The second kappa shape index (κ2) is 53.1. The van der Waals surface area contributed by atoms with Gasteiger partial charge in [0.1, 0.15) is 13.2 Å². The first-order valence-corrected chi connectivity index (χ1v) is 30.0. The minimum atomic E-state index is -1.62. The van der Waals surface area contributed by atoms with Gasteiger partial charge in [-0.25, -0.2) is 0 Å². The van der Waals surface area contributed by atoms with Crippen molar-refractivity contribution < 1.29 is 42.9 Å². The van der Waals surface area contributed by atoms with Gasteiger partial charge in [-0.2, -0.15) is 0 Å². The van der Waals surface area contributed by atoms with Crippen LogP contribution in [0.2, 0.25) is 0 Å². The predicted molar refractivity (Wildman–Crippen MR) is 293 cm³/mol. The lowest BCUT2D eigenvalue weighted by Crippen LogP contribution is -2.44. The summed E-state index contributed by atoms with van der Waals surface area (Å²) in [5, 5.41) is 11.8. The van der Waals surface area contributed by atoms with Crippen LogP contribution in [-0.2, 0) is 33.3 Å². The largest absolute Gasteiger partial charge is 0.545 e. The number of likely N-dealkylation sites (N-methyl/N-ethyl adjacent to an activating group) is 1. The standard InChI is InChI=1S/C61H115NO8/c1-6-8-10-12-14-16-18-20-22-24-25-26-27-28-29-30-31-32-33-34-35-36-38-40-42-44-46-48-50-52-59(64)70-57(56-69-61(60(65)66)67-54-53-62(3,4)5)55-68-58(63)51-49-47-45-43-41-39-37-23-21-19-17-15-13-11-9-7-2/h23-25,37,57,61H,6-22,26-36,38-56H2,1-5H3/b25-24-,37-23-. The van der Waals surface area contributed by atoms with E-state index in [0.717, 1.165) is 51.4 Å². The molecule has 0 saturated heterocycles. The van der Waals surface area contributed by atoms with E-state index in [9.17, 15) is 19.5 Å². The average molecular weight is 991 g/mol. The Morgan fingerprint density at radius 3 is 1.06 bits per heavy atom. The number of esters is 2. The molecular formula is C61H115NO8. The first kappa shape index (κ1) is 67.8. The van der Waals surface area contributed by atoms with Gasteiger partial charge in [0.25, 0.3) is 0 Å². The lowest BCUT2D eigenvalue weighted by Gasteiger charge is -2.26. The lowest BCUT2D eigenvalue weighted by molar-refractivity contribution is -0.870. The third-order valence-corrected chi connectivity index (χ3v) is 13.4. The zero-order valence-electron chi connectivity index (χ0n) is 46.9. The average Bonchev–Trinajstić information content (AvgIpc) is 3.33. The van der Waals surface area contributed by atoms with Crippen molar-refractivity contribution in [1.82, 2.24) is 0 Å². The lowest BCUT2D eigenvalue weighted by atomic mass is 10.0. The third kappa shape index (κ3) is 53.6. The van der Waals surface area contributed by atoms with Crippen LogP contribution in [0.3, 0.4) is 0 Å². The van der Waals surface area contributed by atoms with E-state index < -0.39 is 24.3 Å². The molecule has 0 saturated carbocycles. The minimum absolute atomic E-state index is 0.149. The van der Waals surface area contributed by atoms with Crippen LogP contribution in [-0.4, -0.2) is 82.3 Å². The Bertz CT molecular complexity index is 1200. The summed E-state index contributed by atoms with van der Waals surface area (Å²) in [4.78, 5) is 37.3. The van der Waals surface area contributed by atoms with Crippen LogP contribution in [0.25, 0.3) is 0 Å². The number of carboxylic acid groups (broad SMARTS) is 1. The molecule has 0 heterocycles. The van der Waals surface area contributed by atoms with Crippen LogP contribution in [0.1, 0.15) is 290 Å². The predicted octanol–water partition coefficient (Wildman–Crippen LogP) is 16.2. The molecule has 0 aromatic heterocycles. The molecule has 0 radical (unpaired) electrons. The van der Waals surface area contributed by atoms with Gasteiger partial charge in [-0.05, 0) is 64.2 Å². The summed E-state index contributed by atoms with van der Waals surface area (Å²) < 4.78 is 22.7. The number of quaternary nitrogens is 1. The number of carbonyl (C=O) groups excluding carboxylic acids is 3. The van der Waals surface area contributed by atoms with E-state index in [0.29, 0.717) is 17.4 Å². The van der Waals surface area contributed by atoms with Crippen LogP contribution in [0.4, 0.5) is 0 Å². The van der Waals surface area contributed by atoms with E-state index in [-0.39, 0.29) is 38.6 Å². The number of hydrogen-bond acceptors (Lipinski definition) is 8. The van der Waals surface area contributed by atoms with Crippen molar-refractivity contribution in [2.24, 2.45) is 0 Å². The Labute approximate surface area is 433 Å². The normalized spacial score (nSPS) is 12.9. The summed E-state index contributed by atoms with van der Waals surface area (Å²) in [5.74, 6) is -2.28. The fraction of sp³-hybridized carbons (Fsp3) is 0.885. The number of hydrogen-bond donors (Lipinski definition) is 0. The van der Waals surface area contributed by atoms with Gasteiger partial charge in [0.05, 0.1) is 40.3 Å². The van der Waals surface area contributed by atoms with Crippen molar-refractivity contribution in [3.8, 4) is 0 Å². The van der Waals surface area contributed by atoms with Crippen LogP contribution >= 0.6 is 0 Å². The molecule has 70 heavy (non-hydrogen) atoms. The first-order valence-electron chi connectivity index (χ1n) is 30.0. The van der Waals surface area contributed by atoms with Gasteiger partial charge in [-0.15, -0.1) is 0 Å². The SMILES string of the molecule is CCCCCCCCC/C=C\CCCCCCCC(=O)OCC(COC(OCC[N+](C)(C)C)C(=O)[O-])OC(=O)CCCCCCCCCCCCCCCCCCC/C=C\CCCCCCCCCC. The highest BCUT2D eigenvalue weighted by Gasteiger charge is 2.22. The van der Waals surface area contributed by atoms with Crippen molar-refractivity contribution in [3.05, 3.63) is 24.3 Å². The molecule has 0 fully saturated rings. The third-order valence-electron chi connectivity index (χ3n) is 13.4. The Morgan fingerprint density at radius 2 is 0.729 bits per heavy atom. The number of carbonyl (C=O) groups is 3. The molecule has 0 aliphatic rings. The molecule has 9 heteroatoms. The Kier molecular flexibility index (Phi) is 51.4. The fourth-order valence-electron chi connectivity index (χ4n) is 8.76. The molecule has 2 atom stereocenters.